The van der Waals surface area contributed by atoms with Crippen molar-refractivity contribution in [3.63, 3.8) is 0 Å². The fourth-order valence-corrected chi connectivity index (χ4v) is 1.99. The number of benzene rings is 2. The molecule has 20 heavy (non-hydrogen) atoms. The van der Waals surface area contributed by atoms with E-state index in [0.29, 0.717) is 19.8 Å². The normalized spacial score (nSPS) is 10.3. The first-order valence-electron chi connectivity index (χ1n) is 6.50. The fraction of sp³-hybridized carbons (Fsp3) is 0.250. The van der Waals surface area contributed by atoms with E-state index in [4.69, 9.17) is 15.2 Å². The summed E-state index contributed by atoms with van der Waals surface area (Å²) in [6.45, 7) is 3.61. The number of halogens is 1. The second-order valence-electron chi connectivity index (χ2n) is 4.46. The topological polar surface area (TPSA) is 44.5 Å². The molecule has 0 aliphatic rings. The lowest BCUT2D eigenvalue weighted by atomic mass is 10.2. The molecule has 0 bridgehead atoms. The van der Waals surface area contributed by atoms with Gasteiger partial charge < -0.3 is 15.2 Å². The summed E-state index contributed by atoms with van der Waals surface area (Å²) in [5.74, 6) is 1.69. The molecule has 0 saturated carbocycles. The van der Waals surface area contributed by atoms with E-state index >= 15 is 0 Å². The molecule has 0 spiro atoms. The standard InChI is InChI=1S/C16H18BrNO2/c1-12-10-15(6-7-16(12)17)20-9-8-19-14-4-2-13(11-18)3-5-14/h2-7,10H,8-9,11,18H2,1H3. The lowest BCUT2D eigenvalue weighted by Gasteiger charge is -2.09. The van der Waals surface area contributed by atoms with Crippen LogP contribution in [0.25, 0.3) is 0 Å². The zero-order chi connectivity index (χ0) is 14.4. The number of ether oxygens (including phenoxy) is 2. The molecule has 0 amide bonds. The second-order valence-corrected chi connectivity index (χ2v) is 5.31. The van der Waals surface area contributed by atoms with Crippen LogP contribution in [-0.4, -0.2) is 13.2 Å². The lowest BCUT2D eigenvalue weighted by Crippen LogP contribution is -2.09. The molecule has 0 atom stereocenters. The summed E-state index contributed by atoms with van der Waals surface area (Å²) in [5.41, 5.74) is 7.79. The summed E-state index contributed by atoms with van der Waals surface area (Å²) in [6, 6.07) is 13.7. The van der Waals surface area contributed by atoms with Gasteiger partial charge in [-0.05, 0) is 48.4 Å². The van der Waals surface area contributed by atoms with Crippen molar-refractivity contribution in [2.45, 2.75) is 13.5 Å². The summed E-state index contributed by atoms with van der Waals surface area (Å²) in [7, 11) is 0. The molecule has 2 aromatic carbocycles. The van der Waals surface area contributed by atoms with Crippen LogP contribution >= 0.6 is 15.9 Å². The first kappa shape index (κ1) is 14.9. The maximum Gasteiger partial charge on any atom is 0.122 e. The van der Waals surface area contributed by atoms with E-state index in [0.717, 1.165) is 27.1 Å². The molecular formula is C16H18BrNO2. The van der Waals surface area contributed by atoms with Gasteiger partial charge in [-0.25, -0.2) is 0 Å². The van der Waals surface area contributed by atoms with Crippen LogP contribution in [0.1, 0.15) is 11.1 Å². The van der Waals surface area contributed by atoms with Gasteiger partial charge in [-0.1, -0.05) is 28.1 Å². The first-order chi connectivity index (χ1) is 9.69. The maximum atomic E-state index is 5.64. The molecule has 0 heterocycles. The Morgan fingerprint density at radius 1 is 0.950 bits per heavy atom. The van der Waals surface area contributed by atoms with Crippen molar-refractivity contribution >= 4 is 15.9 Å². The second kappa shape index (κ2) is 7.31. The van der Waals surface area contributed by atoms with Crippen LogP contribution in [0.4, 0.5) is 0 Å². The largest absolute Gasteiger partial charge is 0.490 e. The highest BCUT2D eigenvalue weighted by Crippen LogP contribution is 2.21. The van der Waals surface area contributed by atoms with E-state index in [2.05, 4.69) is 15.9 Å². The van der Waals surface area contributed by atoms with E-state index < -0.39 is 0 Å². The summed E-state index contributed by atoms with van der Waals surface area (Å²) < 4.78 is 12.3. The number of rotatable bonds is 6. The van der Waals surface area contributed by atoms with Gasteiger partial charge >= 0.3 is 0 Å². The Labute approximate surface area is 127 Å². The van der Waals surface area contributed by atoms with Gasteiger partial charge in [0.25, 0.3) is 0 Å². The van der Waals surface area contributed by atoms with Gasteiger partial charge in [0, 0.05) is 11.0 Å². The maximum absolute atomic E-state index is 5.64. The smallest absolute Gasteiger partial charge is 0.122 e. The Hall–Kier alpha value is -1.52. The third kappa shape index (κ3) is 4.25. The van der Waals surface area contributed by atoms with Gasteiger partial charge in [0.15, 0.2) is 0 Å². The quantitative estimate of drug-likeness (QED) is 0.819. The van der Waals surface area contributed by atoms with Crippen LogP contribution in [0.5, 0.6) is 11.5 Å². The average molecular weight is 336 g/mol. The highest BCUT2D eigenvalue weighted by molar-refractivity contribution is 9.10. The van der Waals surface area contributed by atoms with Gasteiger partial charge in [0.1, 0.15) is 24.7 Å². The molecule has 4 heteroatoms. The van der Waals surface area contributed by atoms with Crippen LogP contribution in [0, 0.1) is 6.92 Å². The van der Waals surface area contributed by atoms with E-state index in [1.54, 1.807) is 0 Å². The van der Waals surface area contributed by atoms with Crippen LogP contribution in [0.3, 0.4) is 0 Å². The minimum Gasteiger partial charge on any atom is -0.490 e. The van der Waals surface area contributed by atoms with E-state index in [9.17, 15) is 0 Å². The van der Waals surface area contributed by atoms with Crippen molar-refractivity contribution in [3.05, 3.63) is 58.1 Å². The van der Waals surface area contributed by atoms with Crippen LogP contribution < -0.4 is 15.2 Å². The Morgan fingerprint density at radius 3 is 2.15 bits per heavy atom. The first-order valence-corrected chi connectivity index (χ1v) is 7.29. The predicted molar refractivity (Wildman–Crippen MR) is 84.2 cm³/mol. The highest BCUT2D eigenvalue weighted by atomic mass is 79.9. The third-order valence-corrected chi connectivity index (χ3v) is 3.80. The van der Waals surface area contributed by atoms with E-state index in [-0.39, 0.29) is 0 Å². The zero-order valence-electron chi connectivity index (χ0n) is 11.4. The summed E-state index contributed by atoms with van der Waals surface area (Å²) in [5, 5.41) is 0. The SMILES string of the molecule is Cc1cc(OCCOc2ccc(CN)cc2)ccc1Br. The molecule has 0 radical (unpaired) electrons. The molecule has 2 N–H and O–H groups in total. The summed E-state index contributed by atoms with van der Waals surface area (Å²) >= 11 is 3.46. The molecule has 2 aromatic rings. The summed E-state index contributed by atoms with van der Waals surface area (Å²) in [6.07, 6.45) is 0. The highest BCUT2D eigenvalue weighted by Gasteiger charge is 1.99. The molecule has 2 rings (SSSR count). The number of hydrogen-bond acceptors (Lipinski definition) is 3. The van der Waals surface area contributed by atoms with Gasteiger partial charge in [-0.15, -0.1) is 0 Å². The lowest BCUT2D eigenvalue weighted by molar-refractivity contribution is 0.217. The van der Waals surface area contributed by atoms with Gasteiger partial charge in [0.05, 0.1) is 0 Å². The molecule has 0 fully saturated rings. The van der Waals surface area contributed by atoms with Crippen LogP contribution in [0.2, 0.25) is 0 Å². The average Bonchev–Trinajstić information content (AvgIpc) is 2.48. The van der Waals surface area contributed by atoms with E-state index in [1.807, 2.05) is 49.4 Å². The van der Waals surface area contributed by atoms with Crippen LogP contribution in [-0.2, 0) is 6.54 Å². The van der Waals surface area contributed by atoms with Crippen molar-refractivity contribution in [2.24, 2.45) is 5.73 Å². The fourth-order valence-electron chi connectivity index (χ4n) is 1.75. The van der Waals surface area contributed by atoms with Crippen molar-refractivity contribution in [1.29, 1.82) is 0 Å². The Balaban J connectivity index is 1.76. The number of aryl methyl sites for hydroxylation is 1. The van der Waals surface area contributed by atoms with Gasteiger partial charge in [-0.3, -0.25) is 0 Å². The Morgan fingerprint density at radius 2 is 1.55 bits per heavy atom. The van der Waals surface area contributed by atoms with Crippen molar-refractivity contribution in [2.75, 3.05) is 13.2 Å². The molecule has 0 aromatic heterocycles. The van der Waals surface area contributed by atoms with Crippen molar-refractivity contribution in [3.8, 4) is 11.5 Å². The zero-order valence-corrected chi connectivity index (χ0v) is 13.0. The Kier molecular flexibility index (Phi) is 5.44. The molecular weight excluding hydrogens is 318 g/mol. The molecule has 0 aliphatic heterocycles. The molecule has 106 valence electrons. The number of nitrogens with two attached hydrogens (primary N) is 1. The van der Waals surface area contributed by atoms with Crippen LogP contribution in [0.15, 0.2) is 46.9 Å². The minimum absolute atomic E-state index is 0.511. The monoisotopic (exact) mass is 335 g/mol. The summed E-state index contributed by atoms with van der Waals surface area (Å²) in [4.78, 5) is 0. The molecule has 0 aliphatic carbocycles. The van der Waals surface area contributed by atoms with Crippen molar-refractivity contribution in [1.82, 2.24) is 0 Å². The van der Waals surface area contributed by atoms with Crippen molar-refractivity contribution < 1.29 is 9.47 Å². The van der Waals surface area contributed by atoms with E-state index in [1.165, 1.54) is 0 Å². The molecule has 0 saturated heterocycles. The Bertz CT molecular complexity index is 555. The van der Waals surface area contributed by atoms with Gasteiger partial charge in [-0.2, -0.15) is 0 Å². The molecule has 3 nitrogen and oxygen atoms in total. The molecule has 0 unspecified atom stereocenters. The number of hydrogen-bond donors (Lipinski definition) is 1. The predicted octanol–water partition coefficient (Wildman–Crippen LogP) is 3.67. The third-order valence-electron chi connectivity index (χ3n) is 2.91. The minimum atomic E-state index is 0.511. The van der Waals surface area contributed by atoms with Gasteiger partial charge in [0.2, 0.25) is 0 Å².